The Morgan fingerprint density at radius 1 is 1.30 bits per heavy atom. The van der Waals surface area contributed by atoms with Gasteiger partial charge in [0.2, 0.25) is 0 Å². The number of likely N-dealkylation sites (tertiary alicyclic amines) is 1. The van der Waals surface area contributed by atoms with Crippen LogP contribution in [0.1, 0.15) is 58.8 Å². The Labute approximate surface area is 123 Å². The predicted octanol–water partition coefficient (Wildman–Crippen LogP) is 3.01. The molecule has 1 unspecified atom stereocenters. The number of unbranched alkanes of at least 4 members (excludes halogenated alkanes) is 3. The number of aliphatic hydroxyl groups is 1. The molecule has 1 aliphatic heterocycles. The summed E-state index contributed by atoms with van der Waals surface area (Å²) in [4.78, 5) is 13.8. The molecule has 4 heteroatoms. The second kappa shape index (κ2) is 10.0. The number of hydrogen-bond donors (Lipinski definition) is 2. The molecular formula is C16H32N2O2. The molecule has 0 aromatic heterocycles. The quantitative estimate of drug-likeness (QED) is 0.673. The third kappa shape index (κ3) is 7.13. The summed E-state index contributed by atoms with van der Waals surface area (Å²) < 4.78 is 0. The van der Waals surface area contributed by atoms with E-state index >= 15 is 0 Å². The van der Waals surface area contributed by atoms with Gasteiger partial charge in [-0.2, -0.15) is 0 Å². The van der Waals surface area contributed by atoms with E-state index in [0.29, 0.717) is 6.54 Å². The lowest BCUT2D eigenvalue weighted by Gasteiger charge is -2.31. The van der Waals surface area contributed by atoms with Gasteiger partial charge in [-0.1, -0.05) is 39.5 Å². The first-order chi connectivity index (χ1) is 9.63. The number of carbonyl (C=O) groups excluding carboxylic acids is 1. The number of piperidine rings is 1. The van der Waals surface area contributed by atoms with Gasteiger partial charge in [0, 0.05) is 26.2 Å². The molecule has 0 aromatic carbocycles. The number of nitrogens with one attached hydrogen (secondary N) is 1. The highest BCUT2D eigenvalue weighted by molar-refractivity contribution is 5.74. The van der Waals surface area contributed by atoms with Crippen molar-refractivity contribution in [3.05, 3.63) is 0 Å². The van der Waals surface area contributed by atoms with E-state index in [1.807, 2.05) is 4.90 Å². The van der Waals surface area contributed by atoms with Gasteiger partial charge in [0.25, 0.3) is 0 Å². The van der Waals surface area contributed by atoms with E-state index in [1.54, 1.807) is 0 Å². The Morgan fingerprint density at radius 2 is 2.05 bits per heavy atom. The van der Waals surface area contributed by atoms with E-state index in [0.717, 1.165) is 38.3 Å². The van der Waals surface area contributed by atoms with Crippen LogP contribution in [0, 0.1) is 11.8 Å². The molecule has 1 heterocycles. The molecule has 20 heavy (non-hydrogen) atoms. The van der Waals surface area contributed by atoms with Gasteiger partial charge in [-0.25, -0.2) is 4.79 Å². The monoisotopic (exact) mass is 284 g/mol. The highest BCUT2D eigenvalue weighted by Gasteiger charge is 2.22. The van der Waals surface area contributed by atoms with Gasteiger partial charge in [0.05, 0.1) is 0 Å². The molecule has 0 spiro atoms. The van der Waals surface area contributed by atoms with Crippen molar-refractivity contribution in [1.29, 1.82) is 0 Å². The van der Waals surface area contributed by atoms with Crippen molar-refractivity contribution in [2.24, 2.45) is 11.8 Å². The molecule has 4 nitrogen and oxygen atoms in total. The van der Waals surface area contributed by atoms with Crippen LogP contribution >= 0.6 is 0 Å². The molecule has 1 saturated heterocycles. The molecule has 1 aliphatic rings. The van der Waals surface area contributed by atoms with Crippen LogP contribution in [-0.2, 0) is 0 Å². The molecule has 118 valence electrons. The molecule has 0 aromatic rings. The van der Waals surface area contributed by atoms with E-state index < -0.39 is 0 Å². The van der Waals surface area contributed by atoms with Gasteiger partial charge in [-0.05, 0) is 31.1 Å². The Kier molecular flexibility index (Phi) is 8.67. The first-order valence-corrected chi connectivity index (χ1v) is 8.27. The Morgan fingerprint density at radius 3 is 2.75 bits per heavy atom. The highest BCUT2D eigenvalue weighted by Crippen LogP contribution is 2.15. The van der Waals surface area contributed by atoms with Gasteiger partial charge in [-0.15, -0.1) is 0 Å². The van der Waals surface area contributed by atoms with E-state index in [1.165, 1.54) is 25.7 Å². The average Bonchev–Trinajstić information content (AvgIpc) is 2.45. The van der Waals surface area contributed by atoms with Crippen molar-refractivity contribution in [3.8, 4) is 0 Å². The SMILES string of the molecule is CC(C)CCCCCCNC(=O)N1CCCC(CO)C1. The number of hydrogen-bond acceptors (Lipinski definition) is 2. The van der Waals surface area contributed by atoms with Crippen LogP contribution in [0.25, 0.3) is 0 Å². The Balaban J connectivity index is 2.02. The largest absolute Gasteiger partial charge is 0.396 e. The average molecular weight is 284 g/mol. The number of nitrogens with zero attached hydrogens (tertiary/aromatic N) is 1. The standard InChI is InChI=1S/C16H32N2O2/c1-14(2)8-5-3-4-6-10-17-16(20)18-11-7-9-15(12-18)13-19/h14-15,19H,3-13H2,1-2H3,(H,17,20). The normalized spacial score (nSPS) is 19.4. The lowest BCUT2D eigenvalue weighted by Crippen LogP contribution is -2.46. The molecule has 0 aliphatic carbocycles. The van der Waals surface area contributed by atoms with Gasteiger partial charge < -0.3 is 15.3 Å². The maximum Gasteiger partial charge on any atom is 0.317 e. The summed E-state index contributed by atoms with van der Waals surface area (Å²) in [7, 11) is 0. The molecule has 0 saturated carbocycles. The van der Waals surface area contributed by atoms with Crippen LogP contribution < -0.4 is 5.32 Å². The van der Waals surface area contributed by atoms with E-state index in [4.69, 9.17) is 5.11 Å². The minimum Gasteiger partial charge on any atom is -0.396 e. The maximum atomic E-state index is 12.0. The number of aliphatic hydroxyl groups excluding tert-OH is 1. The fourth-order valence-electron chi connectivity index (χ4n) is 2.74. The molecule has 0 bridgehead atoms. The zero-order chi connectivity index (χ0) is 14.8. The van der Waals surface area contributed by atoms with Gasteiger partial charge >= 0.3 is 6.03 Å². The summed E-state index contributed by atoms with van der Waals surface area (Å²) in [5.74, 6) is 1.07. The summed E-state index contributed by atoms with van der Waals surface area (Å²) in [6, 6.07) is 0.0466. The topological polar surface area (TPSA) is 52.6 Å². The third-order valence-electron chi connectivity index (χ3n) is 4.05. The van der Waals surface area contributed by atoms with Crippen LogP contribution in [-0.4, -0.2) is 42.3 Å². The van der Waals surface area contributed by atoms with Crippen LogP contribution in [0.4, 0.5) is 4.79 Å². The Hall–Kier alpha value is -0.770. The highest BCUT2D eigenvalue weighted by atomic mass is 16.3. The first-order valence-electron chi connectivity index (χ1n) is 8.27. The van der Waals surface area contributed by atoms with Crippen LogP contribution in [0.15, 0.2) is 0 Å². The lowest BCUT2D eigenvalue weighted by atomic mass is 9.99. The van der Waals surface area contributed by atoms with Gasteiger partial charge in [-0.3, -0.25) is 0 Å². The summed E-state index contributed by atoms with van der Waals surface area (Å²) in [5.41, 5.74) is 0. The molecule has 1 fully saturated rings. The zero-order valence-corrected chi connectivity index (χ0v) is 13.2. The number of urea groups is 1. The molecule has 1 rings (SSSR count). The molecule has 2 N–H and O–H groups in total. The smallest absolute Gasteiger partial charge is 0.317 e. The second-order valence-corrected chi connectivity index (χ2v) is 6.47. The number of rotatable bonds is 8. The summed E-state index contributed by atoms with van der Waals surface area (Å²) in [6.07, 6.45) is 8.19. The minimum absolute atomic E-state index is 0.0466. The third-order valence-corrected chi connectivity index (χ3v) is 4.05. The van der Waals surface area contributed by atoms with Crippen LogP contribution in [0.2, 0.25) is 0 Å². The predicted molar refractivity (Wildman–Crippen MR) is 82.7 cm³/mol. The molecule has 2 amide bonds. The minimum atomic E-state index is 0.0466. The van der Waals surface area contributed by atoms with Crippen LogP contribution in [0.3, 0.4) is 0 Å². The number of amides is 2. The summed E-state index contributed by atoms with van der Waals surface area (Å²) in [5, 5.41) is 12.2. The molecular weight excluding hydrogens is 252 g/mol. The lowest BCUT2D eigenvalue weighted by molar-refractivity contribution is 0.129. The first kappa shape index (κ1) is 17.3. The Bertz CT molecular complexity index is 269. The van der Waals surface area contributed by atoms with Gasteiger partial charge in [0.1, 0.15) is 0 Å². The molecule has 1 atom stereocenters. The fraction of sp³-hybridized carbons (Fsp3) is 0.938. The van der Waals surface area contributed by atoms with Gasteiger partial charge in [0.15, 0.2) is 0 Å². The second-order valence-electron chi connectivity index (χ2n) is 6.47. The van der Waals surface area contributed by atoms with Crippen molar-refractivity contribution < 1.29 is 9.90 Å². The van der Waals surface area contributed by atoms with Crippen molar-refractivity contribution in [3.63, 3.8) is 0 Å². The fourth-order valence-corrected chi connectivity index (χ4v) is 2.74. The molecule has 0 radical (unpaired) electrons. The van der Waals surface area contributed by atoms with E-state index in [2.05, 4.69) is 19.2 Å². The van der Waals surface area contributed by atoms with Crippen molar-refractivity contribution in [2.75, 3.05) is 26.2 Å². The van der Waals surface area contributed by atoms with E-state index in [9.17, 15) is 4.79 Å². The number of carbonyl (C=O) groups is 1. The van der Waals surface area contributed by atoms with Crippen LogP contribution in [0.5, 0.6) is 0 Å². The summed E-state index contributed by atoms with van der Waals surface area (Å²) in [6.45, 7) is 7.03. The van der Waals surface area contributed by atoms with Crippen molar-refractivity contribution >= 4 is 6.03 Å². The van der Waals surface area contributed by atoms with Crippen molar-refractivity contribution in [2.45, 2.75) is 58.8 Å². The summed E-state index contributed by atoms with van der Waals surface area (Å²) >= 11 is 0. The van der Waals surface area contributed by atoms with E-state index in [-0.39, 0.29) is 18.6 Å². The zero-order valence-electron chi connectivity index (χ0n) is 13.2. The maximum absolute atomic E-state index is 12.0. The van der Waals surface area contributed by atoms with Crippen molar-refractivity contribution in [1.82, 2.24) is 10.2 Å².